The first-order valence-corrected chi connectivity index (χ1v) is 9.61. The van der Waals surface area contributed by atoms with Gasteiger partial charge in [0.2, 0.25) is 11.8 Å². The summed E-state index contributed by atoms with van der Waals surface area (Å²) in [5.74, 6) is -0.622. The van der Waals surface area contributed by atoms with Crippen molar-refractivity contribution in [3.8, 4) is 0 Å². The summed E-state index contributed by atoms with van der Waals surface area (Å²) in [5, 5.41) is 2.71. The number of amides is 2. The minimum atomic E-state index is -0.653. The Kier molecular flexibility index (Phi) is 14.6. The largest absolute Gasteiger partial charge is 0.370 e. The zero-order valence-corrected chi connectivity index (χ0v) is 15.8. The number of nitrogens with two attached hydrogens (primary N) is 3. The van der Waals surface area contributed by atoms with E-state index >= 15 is 0 Å². The predicted octanol–water partition coefficient (Wildman–Crippen LogP) is 1.93. The maximum absolute atomic E-state index is 11.9. The molecule has 0 saturated heterocycles. The van der Waals surface area contributed by atoms with Crippen LogP contribution in [0.2, 0.25) is 0 Å². The minimum Gasteiger partial charge on any atom is -0.370 e. The lowest BCUT2D eigenvalue weighted by molar-refractivity contribution is -0.127. The Morgan fingerprint density at radius 2 is 1.44 bits per heavy atom. The molecule has 7 nitrogen and oxygen atoms in total. The number of nitrogens with zero attached hydrogens (tertiary/aromatic N) is 1. The van der Waals surface area contributed by atoms with E-state index in [9.17, 15) is 9.59 Å². The van der Waals surface area contributed by atoms with Gasteiger partial charge in [0.15, 0.2) is 5.96 Å². The van der Waals surface area contributed by atoms with Crippen LogP contribution in [0, 0.1) is 0 Å². The van der Waals surface area contributed by atoms with Crippen LogP contribution in [-0.2, 0) is 9.59 Å². The van der Waals surface area contributed by atoms with Crippen LogP contribution in [0.3, 0.4) is 0 Å². The highest BCUT2D eigenvalue weighted by Gasteiger charge is 2.17. The molecule has 0 rings (SSSR count). The van der Waals surface area contributed by atoms with Crippen molar-refractivity contribution < 1.29 is 9.59 Å². The monoisotopic (exact) mass is 355 g/mol. The molecule has 0 fully saturated rings. The molecule has 2 amide bonds. The van der Waals surface area contributed by atoms with Crippen LogP contribution in [0.25, 0.3) is 0 Å². The first-order chi connectivity index (χ1) is 12.0. The molecule has 0 aliphatic rings. The molecule has 0 bridgehead atoms. The van der Waals surface area contributed by atoms with E-state index in [4.69, 9.17) is 17.2 Å². The van der Waals surface area contributed by atoms with E-state index in [2.05, 4.69) is 17.2 Å². The lowest BCUT2D eigenvalue weighted by atomic mass is 10.1. The van der Waals surface area contributed by atoms with Gasteiger partial charge in [-0.25, -0.2) is 0 Å². The second kappa shape index (κ2) is 15.7. The van der Waals surface area contributed by atoms with Gasteiger partial charge in [-0.2, -0.15) is 0 Å². The maximum Gasteiger partial charge on any atom is 0.240 e. The Bertz CT molecular complexity index is 395. The zero-order valence-electron chi connectivity index (χ0n) is 15.8. The Morgan fingerprint density at radius 3 is 1.96 bits per heavy atom. The highest BCUT2D eigenvalue weighted by Crippen LogP contribution is 2.10. The van der Waals surface area contributed by atoms with E-state index in [1.807, 2.05) is 0 Å². The molecule has 0 aromatic heterocycles. The zero-order chi connectivity index (χ0) is 18.9. The Labute approximate surface area is 152 Å². The summed E-state index contributed by atoms with van der Waals surface area (Å²) in [5.41, 5.74) is 15.8. The number of carbonyl (C=O) groups excluding carboxylic acids is 2. The molecule has 146 valence electrons. The number of hydrogen-bond donors (Lipinski definition) is 4. The number of rotatable bonds is 16. The Hall–Kier alpha value is -1.79. The fraction of sp³-hybridized carbons (Fsp3) is 0.833. The van der Waals surface area contributed by atoms with Gasteiger partial charge in [0, 0.05) is 13.0 Å². The van der Waals surface area contributed by atoms with E-state index in [1.165, 1.54) is 38.5 Å². The second-order valence-electron chi connectivity index (χ2n) is 6.55. The lowest BCUT2D eigenvalue weighted by Gasteiger charge is -2.15. The smallest absolute Gasteiger partial charge is 0.240 e. The summed E-state index contributed by atoms with van der Waals surface area (Å²) in [6.07, 6.45) is 12.3. The average Bonchev–Trinajstić information content (AvgIpc) is 2.55. The Morgan fingerprint density at radius 1 is 0.880 bits per heavy atom. The molecule has 0 heterocycles. The highest BCUT2D eigenvalue weighted by atomic mass is 16.2. The van der Waals surface area contributed by atoms with Gasteiger partial charge in [-0.05, 0) is 19.3 Å². The summed E-state index contributed by atoms with van der Waals surface area (Å²) >= 11 is 0. The maximum atomic E-state index is 11.9. The van der Waals surface area contributed by atoms with Crippen molar-refractivity contribution in [1.82, 2.24) is 5.32 Å². The Balaban J connectivity index is 3.75. The molecule has 7 heteroatoms. The summed E-state index contributed by atoms with van der Waals surface area (Å²) in [6, 6.07) is -0.653. The van der Waals surface area contributed by atoms with Crippen molar-refractivity contribution >= 4 is 17.8 Å². The molecule has 0 aliphatic carbocycles. The van der Waals surface area contributed by atoms with Crippen LogP contribution in [0.1, 0.15) is 84.0 Å². The van der Waals surface area contributed by atoms with Crippen LogP contribution in [0.5, 0.6) is 0 Å². The van der Waals surface area contributed by atoms with E-state index in [1.54, 1.807) is 0 Å². The molecule has 25 heavy (non-hydrogen) atoms. The van der Waals surface area contributed by atoms with Crippen molar-refractivity contribution in [3.05, 3.63) is 0 Å². The number of carbonyl (C=O) groups is 2. The molecular weight excluding hydrogens is 318 g/mol. The number of primary amides is 1. The fourth-order valence-electron chi connectivity index (χ4n) is 2.65. The molecule has 1 atom stereocenters. The van der Waals surface area contributed by atoms with Crippen LogP contribution in [0.4, 0.5) is 0 Å². The molecule has 0 saturated carbocycles. The number of hydrogen-bond acceptors (Lipinski definition) is 3. The van der Waals surface area contributed by atoms with E-state index in [0.29, 0.717) is 25.8 Å². The van der Waals surface area contributed by atoms with Gasteiger partial charge in [0.05, 0.1) is 0 Å². The van der Waals surface area contributed by atoms with Gasteiger partial charge in [-0.15, -0.1) is 0 Å². The summed E-state index contributed by atoms with van der Waals surface area (Å²) in [4.78, 5) is 27.2. The normalized spacial score (nSPS) is 11.7. The van der Waals surface area contributed by atoms with Gasteiger partial charge in [-0.1, -0.05) is 58.3 Å². The molecule has 0 radical (unpaired) electrons. The quantitative estimate of drug-likeness (QED) is 0.191. The van der Waals surface area contributed by atoms with Crippen LogP contribution in [0.15, 0.2) is 4.99 Å². The molecule has 0 aromatic rings. The topological polar surface area (TPSA) is 137 Å². The van der Waals surface area contributed by atoms with Gasteiger partial charge >= 0.3 is 0 Å². The van der Waals surface area contributed by atoms with Gasteiger partial charge in [0.25, 0.3) is 0 Å². The van der Waals surface area contributed by atoms with Gasteiger partial charge in [-0.3, -0.25) is 14.6 Å². The third-order valence-electron chi connectivity index (χ3n) is 4.13. The predicted molar refractivity (Wildman–Crippen MR) is 103 cm³/mol. The second-order valence-corrected chi connectivity index (χ2v) is 6.55. The van der Waals surface area contributed by atoms with Crippen molar-refractivity contribution in [2.24, 2.45) is 22.2 Å². The van der Waals surface area contributed by atoms with Crippen molar-refractivity contribution in [3.63, 3.8) is 0 Å². The first-order valence-electron chi connectivity index (χ1n) is 9.61. The molecule has 7 N–H and O–H groups in total. The first kappa shape index (κ1) is 23.2. The highest BCUT2D eigenvalue weighted by molar-refractivity contribution is 5.86. The number of guanidine groups is 1. The molecule has 0 aliphatic heterocycles. The molecule has 0 spiro atoms. The van der Waals surface area contributed by atoms with Gasteiger partial charge in [0.1, 0.15) is 6.04 Å². The van der Waals surface area contributed by atoms with Gasteiger partial charge < -0.3 is 22.5 Å². The standard InChI is InChI=1S/C18H37N5O2/c1-2-3-4-5-6-7-8-9-10-13-16(24)23-15(17(19)25)12-11-14-22-18(20)21/h15H,2-14H2,1H3,(H2,19,25)(H,23,24)(H4,20,21,22)/t15-/m0/s1. The third kappa shape index (κ3) is 15.5. The number of unbranched alkanes of at least 4 members (excludes halogenated alkanes) is 8. The molecular formula is C18H37N5O2. The fourth-order valence-corrected chi connectivity index (χ4v) is 2.65. The summed E-state index contributed by atoms with van der Waals surface area (Å²) in [6.45, 7) is 2.64. The van der Waals surface area contributed by atoms with Crippen molar-refractivity contribution in [1.29, 1.82) is 0 Å². The SMILES string of the molecule is CCCCCCCCCCCC(=O)N[C@@H](CCCN=C(N)N)C(N)=O. The van der Waals surface area contributed by atoms with E-state index < -0.39 is 11.9 Å². The average molecular weight is 356 g/mol. The van der Waals surface area contributed by atoms with Crippen molar-refractivity contribution in [2.45, 2.75) is 90.0 Å². The lowest BCUT2D eigenvalue weighted by Crippen LogP contribution is -2.44. The van der Waals surface area contributed by atoms with E-state index in [0.717, 1.165) is 19.3 Å². The number of nitrogens with one attached hydrogen (secondary N) is 1. The molecule has 0 unspecified atom stereocenters. The van der Waals surface area contributed by atoms with Crippen LogP contribution >= 0.6 is 0 Å². The molecule has 0 aromatic carbocycles. The minimum absolute atomic E-state index is 0.0185. The third-order valence-corrected chi connectivity index (χ3v) is 4.13. The van der Waals surface area contributed by atoms with Crippen LogP contribution in [-0.4, -0.2) is 30.4 Å². The number of aliphatic imine (C=N–C) groups is 1. The van der Waals surface area contributed by atoms with E-state index in [-0.39, 0.29) is 11.9 Å². The van der Waals surface area contributed by atoms with Crippen molar-refractivity contribution in [2.75, 3.05) is 6.54 Å². The summed E-state index contributed by atoms with van der Waals surface area (Å²) < 4.78 is 0. The van der Waals surface area contributed by atoms with Crippen LogP contribution < -0.4 is 22.5 Å². The summed E-state index contributed by atoms with van der Waals surface area (Å²) in [7, 11) is 0.